The lowest BCUT2D eigenvalue weighted by Gasteiger charge is -2.06. The first kappa shape index (κ1) is 10.2. The van der Waals surface area contributed by atoms with Crippen molar-refractivity contribution in [1.29, 1.82) is 0 Å². The van der Waals surface area contributed by atoms with E-state index < -0.39 is 0 Å². The van der Waals surface area contributed by atoms with Crippen LogP contribution in [0.3, 0.4) is 0 Å². The van der Waals surface area contributed by atoms with Crippen LogP contribution in [0.2, 0.25) is 0 Å². The summed E-state index contributed by atoms with van der Waals surface area (Å²) in [7, 11) is 0. The Labute approximate surface area is 68.4 Å². The molecule has 1 heteroatoms. The van der Waals surface area contributed by atoms with E-state index in [0.29, 0.717) is 0 Å². The Morgan fingerprint density at radius 2 is 1.00 bits per heavy atom. The Balaban J connectivity index is 0.000001000. The van der Waals surface area contributed by atoms with Crippen molar-refractivity contribution in [3.05, 3.63) is 34.4 Å². The molecule has 0 amide bonds. The molecule has 11 heavy (non-hydrogen) atoms. The second-order valence-electron chi connectivity index (χ2n) is 2.95. The van der Waals surface area contributed by atoms with Gasteiger partial charge in [-0.1, -0.05) is 12.1 Å². The second kappa shape index (κ2) is 3.54. The van der Waals surface area contributed by atoms with E-state index in [1.807, 2.05) is 0 Å². The molecule has 0 bridgehead atoms. The average molecular weight is 152 g/mol. The molecule has 0 spiro atoms. The molecule has 1 nitrogen and oxygen atoms in total. The molecule has 1 aromatic carbocycles. The third kappa shape index (κ3) is 1.81. The average Bonchev–Trinajstić information content (AvgIpc) is 1.93. The van der Waals surface area contributed by atoms with E-state index >= 15 is 0 Å². The summed E-state index contributed by atoms with van der Waals surface area (Å²) < 4.78 is 0. The summed E-state index contributed by atoms with van der Waals surface area (Å²) in [5, 5.41) is 0. The zero-order valence-corrected chi connectivity index (χ0v) is 7.65. The molecule has 0 unspecified atom stereocenters. The summed E-state index contributed by atoms with van der Waals surface area (Å²) in [4.78, 5) is 0. The van der Waals surface area contributed by atoms with Gasteiger partial charge in [0.1, 0.15) is 0 Å². The van der Waals surface area contributed by atoms with Crippen molar-refractivity contribution in [2.24, 2.45) is 0 Å². The van der Waals surface area contributed by atoms with Gasteiger partial charge in [0.15, 0.2) is 0 Å². The molecule has 0 aromatic heterocycles. The van der Waals surface area contributed by atoms with Gasteiger partial charge in [-0.25, -0.2) is 0 Å². The van der Waals surface area contributed by atoms with Crippen molar-refractivity contribution in [2.75, 3.05) is 0 Å². The van der Waals surface area contributed by atoms with Crippen LogP contribution in [0.25, 0.3) is 0 Å². The first-order chi connectivity index (χ1) is 4.63. The predicted molar refractivity (Wildman–Crippen MR) is 49.0 cm³/mol. The smallest absolute Gasteiger partial charge is 0.0392 e. The molecule has 0 saturated heterocycles. The highest BCUT2D eigenvalue weighted by Gasteiger charge is 1.97. The van der Waals surface area contributed by atoms with Crippen LogP contribution in [0.4, 0.5) is 0 Å². The van der Waals surface area contributed by atoms with E-state index in [4.69, 9.17) is 0 Å². The Morgan fingerprint density at radius 1 is 0.727 bits per heavy atom. The number of hydrogen-bond donors (Lipinski definition) is 0. The van der Waals surface area contributed by atoms with E-state index in [2.05, 4.69) is 39.8 Å². The van der Waals surface area contributed by atoms with Crippen LogP contribution in [0.15, 0.2) is 12.1 Å². The predicted octanol–water partition coefficient (Wildman–Crippen LogP) is 2.10. The highest BCUT2D eigenvalue weighted by atomic mass is 16.0. The minimum Gasteiger partial charge on any atom is -0.412 e. The van der Waals surface area contributed by atoms with Gasteiger partial charge in [-0.15, -0.1) is 0 Å². The van der Waals surface area contributed by atoms with Gasteiger partial charge in [0, 0.05) is 0 Å². The number of rotatable bonds is 0. The first-order valence-corrected chi connectivity index (χ1v) is 3.66. The summed E-state index contributed by atoms with van der Waals surface area (Å²) in [5.41, 5.74) is 5.64. The fraction of sp³-hybridized carbons (Fsp3) is 0.400. The topological polar surface area (TPSA) is 31.5 Å². The van der Waals surface area contributed by atoms with Crippen molar-refractivity contribution >= 4 is 0 Å². The van der Waals surface area contributed by atoms with Crippen molar-refractivity contribution in [1.82, 2.24) is 0 Å². The largest absolute Gasteiger partial charge is 0.412 e. The fourth-order valence-electron chi connectivity index (χ4n) is 1.09. The highest BCUT2D eigenvalue weighted by molar-refractivity contribution is 5.37. The Bertz CT molecular complexity index is 224. The molecule has 0 aliphatic rings. The van der Waals surface area contributed by atoms with Gasteiger partial charge >= 0.3 is 0 Å². The molecule has 0 aliphatic heterocycles. The summed E-state index contributed by atoms with van der Waals surface area (Å²) in [6, 6.07) is 4.36. The maximum Gasteiger partial charge on any atom is -0.0392 e. The van der Waals surface area contributed by atoms with E-state index in [-0.39, 0.29) is 5.48 Å². The molecule has 62 valence electrons. The van der Waals surface area contributed by atoms with Gasteiger partial charge < -0.3 is 5.48 Å². The minimum atomic E-state index is 0. The lowest BCUT2D eigenvalue weighted by atomic mass is 10.0. The molecule has 0 radical (unpaired) electrons. The van der Waals surface area contributed by atoms with Crippen molar-refractivity contribution in [3.8, 4) is 0 Å². The minimum absolute atomic E-state index is 0. The summed E-state index contributed by atoms with van der Waals surface area (Å²) in [5.74, 6) is 0. The molecule has 0 fully saturated rings. The summed E-state index contributed by atoms with van der Waals surface area (Å²) >= 11 is 0. The van der Waals surface area contributed by atoms with Crippen molar-refractivity contribution < 1.29 is 5.48 Å². The summed E-state index contributed by atoms with van der Waals surface area (Å²) in [6.45, 7) is 8.67. The van der Waals surface area contributed by atoms with Crippen molar-refractivity contribution in [2.45, 2.75) is 27.7 Å². The molecule has 0 atom stereocenters. The molecule has 0 saturated carbocycles. The monoisotopic (exact) mass is 152 g/mol. The van der Waals surface area contributed by atoms with Crippen LogP contribution in [-0.2, 0) is 0 Å². The van der Waals surface area contributed by atoms with Gasteiger partial charge in [-0.2, -0.15) is 0 Å². The standard InChI is InChI=1S/C10H14.H2O/c1-7-5-6-8(2)10(4)9(7)3;/h5-6H,1-4H3;1H2. The van der Waals surface area contributed by atoms with Crippen LogP contribution in [0.1, 0.15) is 22.3 Å². The quantitative estimate of drug-likeness (QED) is 0.545. The van der Waals surface area contributed by atoms with Gasteiger partial charge in [-0.05, 0) is 49.9 Å². The van der Waals surface area contributed by atoms with Crippen LogP contribution in [0, 0.1) is 27.7 Å². The second-order valence-corrected chi connectivity index (χ2v) is 2.95. The lowest BCUT2D eigenvalue weighted by Crippen LogP contribution is -1.88. The molecule has 0 aliphatic carbocycles. The molecule has 2 N–H and O–H groups in total. The van der Waals surface area contributed by atoms with Crippen LogP contribution in [0.5, 0.6) is 0 Å². The van der Waals surface area contributed by atoms with Gasteiger partial charge in [0.05, 0.1) is 0 Å². The maximum absolute atomic E-state index is 2.18. The van der Waals surface area contributed by atoms with Gasteiger partial charge in [-0.3, -0.25) is 0 Å². The Hall–Kier alpha value is -0.820. The molecular weight excluding hydrogens is 136 g/mol. The maximum atomic E-state index is 2.18. The Kier molecular flexibility index (Phi) is 3.27. The van der Waals surface area contributed by atoms with E-state index in [1.165, 1.54) is 22.3 Å². The molecule has 1 aromatic rings. The zero-order chi connectivity index (χ0) is 7.72. The van der Waals surface area contributed by atoms with Gasteiger partial charge in [0.25, 0.3) is 0 Å². The SMILES string of the molecule is Cc1ccc(C)c(C)c1C.O. The Morgan fingerprint density at radius 3 is 1.27 bits per heavy atom. The van der Waals surface area contributed by atoms with Crippen LogP contribution in [-0.4, -0.2) is 5.48 Å². The van der Waals surface area contributed by atoms with Crippen LogP contribution < -0.4 is 0 Å². The number of benzene rings is 1. The lowest BCUT2D eigenvalue weighted by molar-refractivity contribution is 0.824. The third-order valence-corrected chi connectivity index (χ3v) is 2.33. The van der Waals surface area contributed by atoms with E-state index in [9.17, 15) is 0 Å². The fourth-order valence-corrected chi connectivity index (χ4v) is 1.09. The molecule has 0 heterocycles. The normalized spacial score (nSPS) is 9.09. The number of aryl methyl sites for hydroxylation is 2. The molecular formula is C10H16O. The number of hydrogen-bond acceptors (Lipinski definition) is 0. The molecule has 1 rings (SSSR count). The van der Waals surface area contributed by atoms with Crippen LogP contribution >= 0.6 is 0 Å². The van der Waals surface area contributed by atoms with Crippen molar-refractivity contribution in [3.63, 3.8) is 0 Å². The van der Waals surface area contributed by atoms with E-state index in [0.717, 1.165) is 0 Å². The third-order valence-electron chi connectivity index (χ3n) is 2.33. The highest BCUT2D eigenvalue weighted by Crippen LogP contribution is 2.15. The van der Waals surface area contributed by atoms with Gasteiger partial charge in [0.2, 0.25) is 0 Å². The zero-order valence-electron chi connectivity index (χ0n) is 7.65. The first-order valence-electron chi connectivity index (χ1n) is 3.66. The van der Waals surface area contributed by atoms with E-state index in [1.54, 1.807) is 0 Å². The summed E-state index contributed by atoms with van der Waals surface area (Å²) in [6.07, 6.45) is 0.